The van der Waals surface area contributed by atoms with Crippen molar-refractivity contribution in [2.75, 3.05) is 11.4 Å². The van der Waals surface area contributed by atoms with Crippen LogP contribution in [0.1, 0.15) is 18.1 Å². The molecule has 8 heteroatoms. The van der Waals surface area contributed by atoms with E-state index in [9.17, 15) is 9.59 Å². The zero-order chi connectivity index (χ0) is 26.4. The molecular formula is C30H29N5O3. The summed E-state index contributed by atoms with van der Waals surface area (Å²) in [4.78, 5) is 34.0. The highest BCUT2D eigenvalue weighted by molar-refractivity contribution is 5.77. The molecule has 192 valence electrons. The summed E-state index contributed by atoms with van der Waals surface area (Å²) in [6.07, 6.45) is 0. The summed E-state index contributed by atoms with van der Waals surface area (Å²) in [5.74, 6) is 2.44. The monoisotopic (exact) mass is 507 g/mol. The fourth-order valence-electron chi connectivity index (χ4n) is 5.14. The number of para-hydroxylation sites is 1. The zero-order valence-electron chi connectivity index (χ0n) is 21.7. The molecule has 0 fully saturated rings. The van der Waals surface area contributed by atoms with E-state index in [1.165, 1.54) is 9.13 Å². The van der Waals surface area contributed by atoms with Gasteiger partial charge in [-0.05, 0) is 60.4 Å². The third-order valence-electron chi connectivity index (χ3n) is 7.16. The Kier molecular flexibility index (Phi) is 5.87. The second kappa shape index (κ2) is 9.37. The average Bonchev–Trinajstić information content (AvgIpc) is 3.31. The highest BCUT2D eigenvalue weighted by Crippen LogP contribution is 2.34. The molecule has 5 aromatic rings. The minimum absolute atomic E-state index is 0.219. The molecule has 0 radical (unpaired) electrons. The van der Waals surface area contributed by atoms with Crippen LogP contribution in [0.25, 0.3) is 11.2 Å². The van der Waals surface area contributed by atoms with Crippen molar-refractivity contribution in [3.8, 4) is 11.5 Å². The largest absolute Gasteiger partial charge is 0.457 e. The summed E-state index contributed by atoms with van der Waals surface area (Å²) in [5.41, 5.74) is 3.09. The molecule has 1 unspecified atom stereocenters. The summed E-state index contributed by atoms with van der Waals surface area (Å²) in [7, 11) is 1.68. The molecule has 8 nitrogen and oxygen atoms in total. The maximum atomic E-state index is 13.8. The lowest BCUT2D eigenvalue weighted by Gasteiger charge is -2.33. The van der Waals surface area contributed by atoms with Crippen molar-refractivity contribution in [3.63, 3.8) is 0 Å². The van der Waals surface area contributed by atoms with E-state index in [0.717, 1.165) is 34.9 Å². The molecule has 0 aliphatic carbocycles. The van der Waals surface area contributed by atoms with Crippen LogP contribution in [0.2, 0.25) is 0 Å². The Bertz CT molecular complexity index is 1750. The molecule has 0 spiro atoms. The first kappa shape index (κ1) is 23.8. The minimum atomic E-state index is -0.372. The topological polar surface area (TPSA) is 74.3 Å². The number of fused-ring (bicyclic) bond motifs is 3. The molecule has 6 rings (SSSR count). The molecule has 0 bridgehead atoms. The number of aromatic nitrogens is 4. The van der Waals surface area contributed by atoms with Crippen LogP contribution in [0, 0.1) is 12.8 Å². The van der Waals surface area contributed by atoms with Crippen molar-refractivity contribution in [1.29, 1.82) is 0 Å². The van der Waals surface area contributed by atoms with Gasteiger partial charge in [-0.15, -0.1) is 0 Å². The predicted octanol–water partition coefficient (Wildman–Crippen LogP) is 4.83. The molecule has 1 aliphatic heterocycles. The van der Waals surface area contributed by atoms with Crippen molar-refractivity contribution in [1.82, 2.24) is 18.7 Å². The number of hydrogen-bond donors (Lipinski definition) is 0. The Hall–Kier alpha value is -4.59. The minimum Gasteiger partial charge on any atom is -0.457 e. The molecule has 2 aromatic heterocycles. The van der Waals surface area contributed by atoms with Gasteiger partial charge in [-0.2, -0.15) is 4.98 Å². The lowest BCUT2D eigenvalue weighted by Crippen LogP contribution is -2.40. The number of aryl methyl sites for hydroxylation is 2. The Morgan fingerprint density at radius 2 is 1.58 bits per heavy atom. The van der Waals surface area contributed by atoms with E-state index in [2.05, 4.69) is 11.8 Å². The molecule has 1 atom stereocenters. The summed E-state index contributed by atoms with van der Waals surface area (Å²) < 4.78 is 10.7. The summed E-state index contributed by atoms with van der Waals surface area (Å²) in [5, 5.41) is 0. The van der Waals surface area contributed by atoms with Gasteiger partial charge in [-0.25, -0.2) is 4.79 Å². The summed E-state index contributed by atoms with van der Waals surface area (Å²) in [6.45, 7) is 5.75. The SMILES string of the molecule is Cc1ccccc1Cn1c(=O)c2c(nc3n2CC(C)CN3c2ccc(Oc3ccccc3)cc2)n(C)c1=O. The van der Waals surface area contributed by atoms with Crippen LogP contribution in [0.5, 0.6) is 11.5 Å². The van der Waals surface area contributed by atoms with Crippen LogP contribution in [-0.4, -0.2) is 25.2 Å². The summed E-state index contributed by atoms with van der Waals surface area (Å²) >= 11 is 0. The smallest absolute Gasteiger partial charge is 0.332 e. The van der Waals surface area contributed by atoms with Crippen molar-refractivity contribution in [2.45, 2.75) is 26.9 Å². The van der Waals surface area contributed by atoms with Gasteiger partial charge in [0.1, 0.15) is 11.5 Å². The molecule has 38 heavy (non-hydrogen) atoms. The van der Waals surface area contributed by atoms with Crippen LogP contribution in [-0.2, 0) is 20.1 Å². The number of anilines is 2. The third-order valence-corrected chi connectivity index (χ3v) is 7.16. The lowest BCUT2D eigenvalue weighted by atomic mass is 10.1. The van der Waals surface area contributed by atoms with Gasteiger partial charge in [0.05, 0.1) is 6.54 Å². The van der Waals surface area contributed by atoms with Gasteiger partial charge in [-0.1, -0.05) is 49.4 Å². The molecule has 0 saturated heterocycles. The van der Waals surface area contributed by atoms with E-state index in [-0.39, 0.29) is 23.7 Å². The van der Waals surface area contributed by atoms with Crippen LogP contribution in [0.4, 0.5) is 11.6 Å². The van der Waals surface area contributed by atoms with E-state index >= 15 is 0 Å². The maximum absolute atomic E-state index is 13.8. The molecule has 1 aliphatic rings. The number of ether oxygens (including phenoxy) is 1. The predicted molar refractivity (Wildman–Crippen MR) is 149 cm³/mol. The first-order valence-corrected chi connectivity index (χ1v) is 12.8. The first-order chi connectivity index (χ1) is 18.4. The van der Waals surface area contributed by atoms with Crippen LogP contribution in [0.15, 0.2) is 88.5 Å². The standard InChI is InChI=1S/C30H29N5O3/c1-20-17-33(23-13-15-25(16-14-23)38-24-11-5-4-6-12-24)29-31-27-26(34(29)18-20)28(36)35(30(37)32(27)3)19-22-10-8-7-9-21(22)2/h4-16,20H,17-19H2,1-3H3. The van der Waals surface area contributed by atoms with E-state index in [1.807, 2.05) is 90.4 Å². The number of hydrogen-bond acceptors (Lipinski definition) is 5. The fraction of sp³-hybridized carbons (Fsp3) is 0.233. The molecule has 3 heterocycles. The zero-order valence-corrected chi connectivity index (χ0v) is 21.7. The lowest BCUT2D eigenvalue weighted by molar-refractivity contribution is 0.457. The van der Waals surface area contributed by atoms with E-state index < -0.39 is 0 Å². The quantitative estimate of drug-likeness (QED) is 0.341. The van der Waals surface area contributed by atoms with Gasteiger partial charge < -0.3 is 14.2 Å². The third kappa shape index (κ3) is 4.08. The van der Waals surface area contributed by atoms with Gasteiger partial charge in [0.25, 0.3) is 5.56 Å². The summed E-state index contributed by atoms with van der Waals surface area (Å²) in [6, 6.07) is 25.3. The normalized spacial score (nSPS) is 15.0. The van der Waals surface area contributed by atoms with Crippen LogP contribution >= 0.6 is 0 Å². The van der Waals surface area contributed by atoms with Crippen molar-refractivity contribution in [3.05, 3.63) is 111 Å². The van der Waals surface area contributed by atoms with E-state index in [4.69, 9.17) is 9.72 Å². The Morgan fingerprint density at radius 1 is 0.895 bits per heavy atom. The van der Waals surface area contributed by atoms with Crippen molar-refractivity contribution in [2.24, 2.45) is 13.0 Å². The highest BCUT2D eigenvalue weighted by atomic mass is 16.5. The molecule has 0 amide bonds. The molecule has 3 aromatic carbocycles. The number of benzene rings is 3. The molecule has 0 N–H and O–H groups in total. The Balaban J connectivity index is 1.42. The maximum Gasteiger partial charge on any atom is 0.332 e. The Morgan fingerprint density at radius 3 is 2.32 bits per heavy atom. The van der Waals surface area contributed by atoms with Crippen LogP contribution < -0.4 is 20.9 Å². The fourth-order valence-corrected chi connectivity index (χ4v) is 5.14. The van der Waals surface area contributed by atoms with Gasteiger partial charge >= 0.3 is 5.69 Å². The van der Waals surface area contributed by atoms with Crippen molar-refractivity contribution >= 4 is 22.8 Å². The van der Waals surface area contributed by atoms with Gasteiger partial charge in [0.15, 0.2) is 11.2 Å². The second-order valence-corrected chi connectivity index (χ2v) is 9.98. The van der Waals surface area contributed by atoms with E-state index in [1.54, 1.807) is 7.05 Å². The van der Waals surface area contributed by atoms with E-state index in [0.29, 0.717) is 23.7 Å². The second-order valence-electron chi connectivity index (χ2n) is 9.98. The number of nitrogens with zero attached hydrogens (tertiary/aromatic N) is 5. The van der Waals surface area contributed by atoms with Crippen LogP contribution in [0.3, 0.4) is 0 Å². The Labute approximate surface area is 220 Å². The van der Waals surface area contributed by atoms with Gasteiger partial charge in [-0.3, -0.25) is 13.9 Å². The van der Waals surface area contributed by atoms with Crippen molar-refractivity contribution < 1.29 is 4.74 Å². The molecule has 0 saturated carbocycles. The molecular weight excluding hydrogens is 478 g/mol. The van der Waals surface area contributed by atoms with Gasteiger partial charge in [0, 0.05) is 25.8 Å². The average molecular weight is 508 g/mol. The number of imidazole rings is 1. The highest BCUT2D eigenvalue weighted by Gasteiger charge is 2.30. The van der Waals surface area contributed by atoms with Gasteiger partial charge in [0.2, 0.25) is 5.95 Å². The number of rotatable bonds is 5. The first-order valence-electron chi connectivity index (χ1n) is 12.8.